The van der Waals surface area contributed by atoms with Crippen molar-refractivity contribution in [1.82, 2.24) is 9.55 Å². The standard InChI is InChI=1S/C54H81N3O16P2/c1-3-5-6-7-8-9-10-11-12-13-14-15-16-21-24-27-30-33-36-39-50(60)71-46(42-68-49(59)38-35-32-29-26-23-20-18-17-19-22-25-28-31-34-37-45(58)4-2)43-69-74(64,65)73-75(66,67)70-44-47-51(61)52(62)53(72-47)57-41-40-48(55)56-54(57)63/h5-6,8-9,11-12,14-15,18-22,24,26,28-29,31,34,37,40-41,45-47,51-53,58,61-62H,3-4,7,10,13,16-17,23,25,27,30,32-33,35-36,38-39,42-44H2,1-2H3,(H,64,65)(H,66,67)(H2,55,56,63)/b6-5-,9-8-,12-11-,15-14-,20-18-,22-19-,24-21-,29-26-,31-28-,37-34+/t45-,46+,47+,51+,52+,53+/m0/s1. The summed E-state index contributed by atoms with van der Waals surface area (Å²) in [6.45, 7) is 1.60. The third-order valence-corrected chi connectivity index (χ3v) is 13.3. The summed E-state index contributed by atoms with van der Waals surface area (Å²) >= 11 is 0. The van der Waals surface area contributed by atoms with Gasteiger partial charge in [0, 0.05) is 19.0 Å². The van der Waals surface area contributed by atoms with Crippen molar-refractivity contribution in [3.05, 3.63) is 144 Å². The Morgan fingerprint density at radius 3 is 1.81 bits per heavy atom. The average molecular weight is 1090 g/mol. The van der Waals surface area contributed by atoms with Crippen LogP contribution in [0.1, 0.15) is 129 Å². The third-order valence-electron chi connectivity index (χ3n) is 10.7. The predicted molar refractivity (Wildman–Crippen MR) is 290 cm³/mol. The number of rotatable bonds is 40. The number of aromatic nitrogens is 2. The van der Waals surface area contributed by atoms with Crippen LogP contribution in [0.4, 0.5) is 5.82 Å². The van der Waals surface area contributed by atoms with Crippen LogP contribution in [-0.2, 0) is 46.3 Å². The first-order valence-electron chi connectivity index (χ1n) is 25.7. The minimum absolute atomic E-state index is 0.0166. The highest BCUT2D eigenvalue weighted by Crippen LogP contribution is 2.60. The number of phosphoric acid groups is 2. The highest BCUT2D eigenvalue weighted by atomic mass is 31.3. The summed E-state index contributed by atoms with van der Waals surface area (Å²) in [5, 5.41) is 30.4. The number of aliphatic hydroxyl groups excluding tert-OH is 3. The molecule has 2 rings (SSSR count). The van der Waals surface area contributed by atoms with Gasteiger partial charge in [-0.15, -0.1) is 0 Å². The van der Waals surface area contributed by atoms with Crippen LogP contribution < -0.4 is 11.4 Å². The van der Waals surface area contributed by atoms with Crippen LogP contribution in [-0.4, -0.2) is 96.9 Å². The molecule has 75 heavy (non-hydrogen) atoms. The number of hydrogen-bond acceptors (Lipinski definition) is 16. The van der Waals surface area contributed by atoms with Gasteiger partial charge in [-0.05, 0) is 96.0 Å². The molecule has 7 N–H and O–H groups in total. The molecule has 2 heterocycles. The Labute approximate surface area is 442 Å². The second kappa shape index (κ2) is 40.4. The lowest BCUT2D eigenvalue weighted by Gasteiger charge is -2.21. The number of ether oxygens (including phenoxy) is 3. The van der Waals surface area contributed by atoms with E-state index in [0.29, 0.717) is 38.5 Å². The maximum absolute atomic E-state index is 12.9. The van der Waals surface area contributed by atoms with Crippen molar-refractivity contribution in [2.75, 3.05) is 25.6 Å². The Kier molecular flexibility index (Phi) is 35.7. The van der Waals surface area contributed by atoms with Gasteiger partial charge < -0.3 is 45.1 Å². The van der Waals surface area contributed by atoms with Gasteiger partial charge in [0.15, 0.2) is 12.3 Å². The van der Waals surface area contributed by atoms with Crippen LogP contribution in [0.5, 0.6) is 0 Å². The van der Waals surface area contributed by atoms with E-state index in [0.717, 1.165) is 68.6 Å². The van der Waals surface area contributed by atoms with Gasteiger partial charge >= 0.3 is 33.3 Å². The maximum Gasteiger partial charge on any atom is 0.481 e. The monoisotopic (exact) mass is 1090 g/mol. The average Bonchev–Trinajstić information content (AvgIpc) is 3.65. The van der Waals surface area contributed by atoms with Crippen molar-refractivity contribution in [3.8, 4) is 0 Å². The predicted octanol–water partition coefficient (Wildman–Crippen LogP) is 9.74. The van der Waals surface area contributed by atoms with E-state index in [-0.39, 0.29) is 18.7 Å². The van der Waals surface area contributed by atoms with E-state index >= 15 is 0 Å². The highest BCUT2D eigenvalue weighted by molar-refractivity contribution is 7.61. The van der Waals surface area contributed by atoms with Crippen molar-refractivity contribution in [2.24, 2.45) is 0 Å². The number of esters is 2. The van der Waals surface area contributed by atoms with Gasteiger partial charge in [0.05, 0.1) is 19.3 Å². The van der Waals surface area contributed by atoms with E-state index in [1.54, 1.807) is 6.08 Å². The molecule has 1 aromatic rings. The van der Waals surface area contributed by atoms with E-state index in [4.69, 9.17) is 29.0 Å². The first kappa shape index (κ1) is 66.2. The summed E-state index contributed by atoms with van der Waals surface area (Å²) < 4.78 is 56.7. The van der Waals surface area contributed by atoms with Crippen LogP contribution in [0.25, 0.3) is 0 Å². The van der Waals surface area contributed by atoms with Crippen molar-refractivity contribution in [1.29, 1.82) is 0 Å². The van der Waals surface area contributed by atoms with Crippen molar-refractivity contribution in [2.45, 2.75) is 160 Å². The van der Waals surface area contributed by atoms with Crippen LogP contribution in [0.15, 0.2) is 139 Å². The fourth-order valence-corrected chi connectivity index (χ4v) is 8.73. The number of phosphoric ester groups is 2. The van der Waals surface area contributed by atoms with E-state index in [1.165, 1.54) is 6.07 Å². The zero-order valence-corrected chi connectivity index (χ0v) is 45.2. The topological polar surface area (TPSA) is 286 Å². The minimum Gasteiger partial charge on any atom is -0.462 e. The normalized spacial score (nSPS) is 20.2. The molecule has 0 spiro atoms. The second-order valence-corrected chi connectivity index (χ2v) is 20.1. The van der Waals surface area contributed by atoms with Gasteiger partial charge in [-0.3, -0.25) is 23.2 Å². The Morgan fingerprint density at radius 2 is 1.24 bits per heavy atom. The van der Waals surface area contributed by atoms with Crippen molar-refractivity contribution in [3.63, 3.8) is 0 Å². The Balaban J connectivity index is 1.85. The van der Waals surface area contributed by atoms with E-state index in [9.17, 15) is 48.6 Å². The van der Waals surface area contributed by atoms with E-state index in [1.807, 2.05) is 49.5 Å². The van der Waals surface area contributed by atoms with Crippen LogP contribution in [0.3, 0.4) is 0 Å². The summed E-state index contributed by atoms with van der Waals surface area (Å²) in [6.07, 6.45) is 45.2. The number of carbonyl (C=O) groups excluding carboxylic acids is 2. The molecule has 0 aromatic carbocycles. The molecule has 1 saturated heterocycles. The van der Waals surface area contributed by atoms with E-state index in [2.05, 4.69) is 89.1 Å². The smallest absolute Gasteiger partial charge is 0.462 e. The molecule has 2 unspecified atom stereocenters. The number of hydrogen-bond donors (Lipinski definition) is 6. The molecule has 21 heteroatoms. The molecule has 0 saturated carbocycles. The summed E-state index contributed by atoms with van der Waals surface area (Å²) in [6, 6.07) is 1.24. The molecule has 418 valence electrons. The Bertz CT molecular complexity index is 2250. The zero-order valence-electron chi connectivity index (χ0n) is 43.4. The first-order valence-corrected chi connectivity index (χ1v) is 28.6. The minimum atomic E-state index is -5.46. The van der Waals surface area contributed by atoms with Gasteiger partial charge in [-0.2, -0.15) is 9.29 Å². The lowest BCUT2D eigenvalue weighted by Crippen LogP contribution is -2.36. The van der Waals surface area contributed by atoms with Crippen LogP contribution >= 0.6 is 15.6 Å². The van der Waals surface area contributed by atoms with Crippen molar-refractivity contribution >= 4 is 33.4 Å². The van der Waals surface area contributed by atoms with Gasteiger partial charge in [0.2, 0.25) is 0 Å². The molecule has 0 radical (unpaired) electrons. The number of unbranched alkanes of at least 4 members (excludes halogenated alkanes) is 4. The third kappa shape index (κ3) is 33.0. The zero-order chi connectivity index (χ0) is 55.0. The van der Waals surface area contributed by atoms with E-state index < -0.39 is 89.8 Å². The van der Waals surface area contributed by atoms with Gasteiger partial charge in [-0.25, -0.2) is 13.9 Å². The highest BCUT2D eigenvalue weighted by Gasteiger charge is 2.46. The summed E-state index contributed by atoms with van der Waals surface area (Å²) in [7, 11) is -10.9. The van der Waals surface area contributed by atoms with Crippen molar-refractivity contribution < 1.29 is 71.4 Å². The number of nitrogens with two attached hydrogens (primary N) is 1. The molecule has 1 fully saturated rings. The van der Waals surface area contributed by atoms with Gasteiger partial charge in [0.25, 0.3) is 0 Å². The number of allylic oxidation sites excluding steroid dienone is 19. The SMILES string of the molecule is CC/C=C\C/C=C\C/C=C\C/C=C\C/C=C\CCCCCC(=O)O[C@H](COC(=O)CCC/C=C\C/C=C\C/C=C\C/C=C\C=C\[C@@H](O)CC)COP(=O)(O)OP(=O)(O)OC[C@H]1O[C@@H](n2ccc(N)nc2=O)[C@H](O)[C@@H]1O. The fourth-order valence-electron chi connectivity index (χ4n) is 6.62. The molecule has 8 atom stereocenters. The fraction of sp³-hybridized carbons (Fsp3) is 0.519. The molecule has 1 aliphatic heterocycles. The number of anilines is 1. The number of carbonyl (C=O) groups is 2. The van der Waals surface area contributed by atoms with Gasteiger partial charge in [-0.1, -0.05) is 142 Å². The molecule has 0 amide bonds. The Hall–Kier alpha value is -4.88. The maximum atomic E-state index is 12.9. The first-order chi connectivity index (χ1) is 36.1. The summed E-state index contributed by atoms with van der Waals surface area (Å²) in [4.78, 5) is 61.9. The van der Waals surface area contributed by atoms with Gasteiger partial charge in [0.1, 0.15) is 30.7 Å². The molecular weight excluding hydrogens is 1010 g/mol. The number of nitrogen functional groups attached to an aromatic ring is 1. The Morgan fingerprint density at radius 1 is 0.707 bits per heavy atom. The molecule has 0 bridgehead atoms. The largest absolute Gasteiger partial charge is 0.481 e. The lowest BCUT2D eigenvalue weighted by atomic mass is 10.1. The molecule has 19 nitrogen and oxygen atoms in total. The number of nitrogens with zero attached hydrogens (tertiary/aromatic N) is 2. The summed E-state index contributed by atoms with van der Waals surface area (Å²) in [5.74, 6) is -1.45. The molecule has 0 aliphatic carbocycles. The summed E-state index contributed by atoms with van der Waals surface area (Å²) in [5.41, 5.74) is 4.57. The van der Waals surface area contributed by atoms with Crippen LogP contribution in [0, 0.1) is 0 Å². The number of aliphatic hydroxyl groups is 3. The molecule has 1 aromatic heterocycles. The molecular formula is C54H81N3O16P2. The van der Waals surface area contributed by atoms with Crippen LogP contribution in [0.2, 0.25) is 0 Å². The quantitative estimate of drug-likeness (QED) is 0.0117. The molecule has 1 aliphatic rings. The lowest BCUT2D eigenvalue weighted by molar-refractivity contribution is -0.161. The second-order valence-electron chi connectivity index (χ2n) is 17.1.